The van der Waals surface area contributed by atoms with Crippen molar-refractivity contribution in [3.05, 3.63) is 23.2 Å². The molecule has 0 aliphatic carbocycles. The van der Waals surface area contributed by atoms with Crippen molar-refractivity contribution >= 4 is 23.0 Å². The van der Waals surface area contributed by atoms with E-state index in [-0.39, 0.29) is 0 Å². The van der Waals surface area contributed by atoms with Gasteiger partial charge < -0.3 is 10.6 Å². The maximum Gasteiger partial charge on any atom is 0.0660 e. The maximum absolute atomic E-state index is 6.19. The summed E-state index contributed by atoms with van der Waals surface area (Å²) in [4.78, 5) is 2.37. The first-order valence-corrected chi connectivity index (χ1v) is 5.95. The van der Waals surface area contributed by atoms with Crippen LogP contribution < -0.4 is 10.6 Å². The molecule has 2 N–H and O–H groups in total. The summed E-state index contributed by atoms with van der Waals surface area (Å²) in [5, 5.41) is 0.775. The van der Waals surface area contributed by atoms with Gasteiger partial charge in [-0.05, 0) is 31.0 Å². The largest absolute Gasteiger partial charge is 0.399 e. The minimum Gasteiger partial charge on any atom is -0.399 e. The monoisotopic (exact) mass is 224 g/mol. The van der Waals surface area contributed by atoms with Gasteiger partial charge in [-0.1, -0.05) is 24.4 Å². The third kappa shape index (κ3) is 2.57. The van der Waals surface area contributed by atoms with Crippen LogP contribution in [-0.4, -0.2) is 13.1 Å². The number of halogens is 1. The number of benzene rings is 1. The first-order valence-electron chi connectivity index (χ1n) is 5.57. The first-order chi connectivity index (χ1) is 7.27. The minimum absolute atomic E-state index is 0.735. The molecule has 1 aromatic rings. The van der Waals surface area contributed by atoms with Gasteiger partial charge in [0.05, 0.1) is 10.7 Å². The van der Waals surface area contributed by atoms with Crippen molar-refractivity contribution in [2.24, 2.45) is 0 Å². The molecule has 1 heterocycles. The minimum atomic E-state index is 0.735. The number of nitrogen functional groups attached to an aromatic ring is 1. The molecule has 15 heavy (non-hydrogen) atoms. The number of nitrogens with two attached hydrogens (primary N) is 1. The molecule has 2 nitrogen and oxygen atoms in total. The lowest BCUT2D eigenvalue weighted by Crippen LogP contribution is -2.24. The number of nitrogens with zero attached hydrogens (tertiary/aromatic N) is 1. The summed E-state index contributed by atoms with van der Waals surface area (Å²) in [6, 6.07) is 5.79. The van der Waals surface area contributed by atoms with Crippen LogP contribution in [0.15, 0.2) is 18.2 Å². The van der Waals surface area contributed by atoms with Gasteiger partial charge in [-0.3, -0.25) is 0 Å². The van der Waals surface area contributed by atoms with Crippen LogP contribution in [0.5, 0.6) is 0 Å². The van der Waals surface area contributed by atoms with E-state index in [1.807, 2.05) is 18.2 Å². The quantitative estimate of drug-likeness (QED) is 0.742. The molecule has 1 aliphatic heterocycles. The molecular weight excluding hydrogens is 208 g/mol. The van der Waals surface area contributed by atoms with Crippen molar-refractivity contribution < 1.29 is 0 Å². The Morgan fingerprint density at radius 3 is 2.33 bits per heavy atom. The van der Waals surface area contributed by atoms with E-state index in [4.69, 9.17) is 17.3 Å². The van der Waals surface area contributed by atoms with Gasteiger partial charge in [0, 0.05) is 18.8 Å². The van der Waals surface area contributed by atoms with E-state index < -0.39 is 0 Å². The fourth-order valence-corrected chi connectivity index (χ4v) is 2.40. The highest BCUT2D eigenvalue weighted by molar-refractivity contribution is 6.33. The second kappa shape index (κ2) is 4.75. The Hall–Kier alpha value is -0.890. The van der Waals surface area contributed by atoms with Crippen LogP contribution in [0.25, 0.3) is 0 Å². The zero-order valence-electron chi connectivity index (χ0n) is 8.88. The molecule has 1 aliphatic rings. The van der Waals surface area contributed by atoms with E-state index in [2.05, 4.69) is 4.90 Å². The van der Waals surface area contributed by atoms with Crippen LogP contribution in [0, 0.1) is 0 Å². The molecule has 1 fully saturated rings. The fraction of sp³-hybridized carbons (Fsp3) is 0.500. The van der Waals surface area contributed by atoms with Crippen LogP contribution in [0.1, 0.15) is 25.7 Å². The molecule has 0 aromatic heterocycles. The van der Waals surface area contributed by atoms with Crippen molar-refractivity contribution in [2.75, 3.05) is 23.7 Å². The van der Waals surface area contributed by atoms with E-state index in [1.54, 1.807) is 0 Å². The topological polar surface area (TPSA) is 29.3 Å². The van der Waals surface area contributed by atoms with E-state index >= 15 is 0 Å². The van der Waals surface area contributed by atoms with Crippen LogP contribution in [-0.2, 0) is 0 Å². The van der Waals surface area contributed by atoms with Crippen LogP contribution in [0.4, 0.5) is 11.4 Å². The van der Waals surface area contributed by atoms with Crippen LogP contribution in [0.3, 0.4) is 0 Å². The molecular formula is C12H17ClN2. The van der Waals surface area contributed by atoms with Crippen molar-refractivity contribution in [1.29, 1.82) is 0 Å². The van der Waals surface area contributed by atoms with Gasteiger partial charge in [0.25, 0.3) is 0 Å². The third-order valence-electron chi connectivity index (χ3n) is 2.92. The van der Waals surface area contributed by atoms with Gasteiger partial charge in [-0.15, -0.1) is 0 Å². The van der Waals surface area contributed by atoms with E-state index in [0.29, 0.717) is 0 Å². The highest BCUT2D eigenvalue weighted by atomic mass is 35.5. The van der Waals surface area contributed by atoms with Gasteiger partial charge in [0.1, 0.15) is 0 Å². The second-order valence-corrected chi connectivity index (χ2v) is 4.52. The summed E-state index contributed by atoms with van der Waals surface area (Å²) >= 11 is 6.19. The van der Waals surface area contributed by atoms with Crippen LogP contribution >= 0.6 is 11.6 Å². The highest BCUT2D eigenvalue weighted by Gasteiger charge is 2.12. The van der Waals surface area contributed by atoms with Crippen LogP contribution in [0.2, 0.25) is 5.02 Å². The Morgan fingerprint density at radius 2 is 1.73 bits per heavy atom. The molecule has 0 bridgehead atoms. The van der Waals surface area contributed by atoms with Gasteiger partial charge in [0.15, 0.2) is 0 Å². The molecule has 0 atom stereocenters. The maximum atomic E-state index is 6.19. The predicted molar refractivity (Wildman–Crippen MR) is 66.5 cm³/mol. The molecule has 82 valence electrons. The number of anilines is 2. The third-order valence-corrected chi connectivity index (χ3v) is 3.22. The number of rotatable bonds is 1. The van der Waals surface area contributed by atoms with Gasteiger partial charge in [-0.2, -0.15) is 0 Å². The molecule has 1 aromatic carbocycles. The average molecular weight is 225 g/mol. The van der Waals surface area contributed by atoms with Crippen molar-refractivity contribution in [1.82, 2.24) is 0 Å². The lowest BCUT2D eigenvalue weighted by Gasteiger charge is -2.23. The SMILES string of the molecule is Nc1ccc(N2CCCCCC2)c(Cl)c1. The molecule has 0 radical (unpaired) electrons. The highest BCUT2D eigenvalue weighted by Crippen LogP contribution is 2.29. The molecule has 2 rings (SSSR count). The summed E-state index contributed by atoms with van der Waals surface area (Å²) in [5.41, 5.74) is 7.55. The van der Waals surface area contributed by atoms with Gasteiger partial charge >= 0.3 is 0 Å². The first kappa shape index (κ1) is 10.6. The summed E-state index contributed by atoms with van der Waals surface area (Å²) in [6.45, 7) is 2.23. The second-order valence-electron chi connectivity index (χ2n) is 4.11. The van der Waals surface area contributed by atoms with Crippen molar-refractivity contribution in [3.63, 3.8) is 0 Å². The van der Waals surface area contributed by atoms with E-state index in [9.17, 15) is 0 Å². The zero-order valence-corrected chi connectivity index (χ0v) is 9.63. The standard InChI is InChI=1S/C12H17ClN2/c13-11-9-10(14)5-6-12(11)15-7-3-1-2-4-8-15/h5-6,9H,1-4,7-8,14H2. The van der Waals surface area contributed by atoms with Crippen molar-refractivity contribution in [3.8, 4) is 0 Å². The van der Waals surface area contributed by atoms with Gasteiger partial charge in [0.2, 0.25) is 0 Å². The smallest absolute Gasteiger partial charge is 0.0660 e. The Labute approximate surface area is 96.0 Å². The van der Waals surface area contributed by atoms with Crippen molar-refractivity contribution in [2.45, 2.75) is 25.7 Å². The van der Waals surface area contributed by atoms with E-state index in [1.165, 1.54) is 25.7 Å². The van der Waals surface area contributed by atoms with Gasteiger partial charge in [-0.25, -0.2) is 0 Å². The van der Waals surface area contributed by atoms with E-state index in [0.717, 1.165) is 29.5 Å². The lowest BCUT2D eigenvalue weighted by atomic mass is 10.2. The Bertz CT molecular complexity index is 330. The normalized spacial score (nSPS) is 17.5. The number of hydrogen-bond donors (Lipinski definition) is 1. The molecule has 1 saturated heterocycles. The Kier molecular flexibility index (Phi) is 3.37. The lowest BCUT2D eigenvalue weighted by molar-refractivity contribution is 0.726. The summed E-state index contributed by atoms with van der Waals surface area (Å²) in [5.74, 6) is 0. The molecule has 3 heteroatoms. The fourth-order valence-electron chi connectivity index (χ4n) is 2.09. The summed E-state index contributed by atoms with van der Waals surface area (Å²) in [6.07, 6.45) is 5.20. The molecule has 0 saturated carbocycles. The summed E-state index contributed by atoms with van der Waals surface area (Å²) in [7, 11) is 0. The summed E-state index contributed by atoms with van der Waals surface area (Å²) < 4.78 is 0. The molecule has 0 amide bonds. The Balaban J connectivity index is 2.19. The predicted octanol–water partition coefficient (Wildman–Crippen LogP) is 3.30. The average Bonchev–Trinajstić information content (AvgIpc) is 2.46. The molecule has 0 spiro atoms. The number of hydrogen-bond acceptors (Lipinski definition) is 2. The zero-order chi connectivity index (χ0) is 10.7. The Morgan fingerprint density at radius 1 is 1.07 bits per heavy atom. The molecule has 0 unspecified atom stereocenters.